The Labute approximate surface area is 124 Å². The SMILES string of the molecule is O=C(NCC(F)F)N1CCO[C@@H](c2ccc(Br)cc2)C1. The summed E-state index contributed by atoms with van der Waals surface area (Å²) in [6.07, 6.45) is -2.77. The first-order chi connectivity index (χ1) is 9.56. The summed E-state index contributed by atoms with van der Waals surface area (Å²) in [7, 11) is 0. The van der Waals surface area contributed by atoms with E-state index in [2.05, 4.69) is 21.2 Å². The first-order valence-electron chi connectivity index (χ1n) is 6.24. The Kier molecular flexibility index (Phi) is 5.31. The number of halogens is 3. The molecule has 0 saturated carbocycles. The van der Waals surface area contributed by atoms with Crippen LogP contribution in [0.2, 0.25) is 0 Å². The van der Waals surface area contributed by atoms with Crippen LogP contribution in [0.25, 0.3) is 0 Å². The van der Waals surface area contributed by atoms with Crippen LogP contribution in [-0.4, -0.2) is 43.6 Å². The fraction of sp³-hybridized carbons (Fsp3) is 0.462. The highest BCUT2D eigenvalue weighted by atomic mass is 79.9. The van der Waals surface area contributed by atoms with Crippen molar-refractivity contribution in [3.05, 3.63) is 34.3 Å². The van der Waals surface area contributed by atoms with E-state index in [1.165, 1.54) is 4.90 Å². The van der Waals surface area contributed by atoms with Crippen LogP contribution >= 0.6 is 15.9 Å². The third-order valence-corrected chi connectivity index (χ3v) is 3.53. The van der Waals surface area contributed by atoms with E-state index in [1.807, 2.05) is 24.3 Å². The first-order valence-corrected chi connectivity index (χ1v) is 7.03. The van der Waals surface area contributed by atoms with E-state index in [-0.39, 0.29) is 6.10 Å². The monoisotopic (exact) mass is 348 g/mol. The summed E-state index contributed by atoms with van der Waals surface area (Å²) in [4.78, 5) is 13.3. The number of benzene rings is 1. The van der Waals surface area contributed by atoms with Crippen LogP contribution in [0.5, 0.6) is 0 Å². The smallest absolute Gasteiger partial charge is 0.317 e. The third kappa shape index (κ3) is 4.14. The van der Waals surface area contributed by atoms with Gasteiger partial charge in [0.1, 0.15) is 6.10 Å². The fourth-order valence-corrected chi connectivity index (χ4v) is 2.25. The number of carbonyl (C=O) groups excluding carboxylic acids is 1. The lowest BCUT2D eigenvalue weighted by Crippen LogP contribution is -2.48. The molecule has 0 spiro atoms. The Morgan fingerprint density at radius 1 is 1.45 bits per heavy atom. The zero-order chi connectivity index (χ0) is 14.5. The van der Waals surface area contributed by atoms with Crippen molar-refractivity contribution in [2.75, 3.05) is 26.2 Å². The molecule has 1 saturated heterocycles. The number of morpholine rings is 1. The largest absolute Gasteiger partial charge is 0.370 e. The lowest BCUT2D eigenvalue weighted by Gasteiger charge is -2.33. The Bertz CT molecular complexity index is 456. The third-order valence-electron chi connectivity index (χ3n) is 3.00. The predicted octanol–water partition coefficient (Wildman–Crippen LogP) is 2.80. The van der Waals surface area contributed by atoms with E-state index < -0.39 is 19.0 Å². The summed E-state index contributed by atoms with van der Waals surface area (Å²) in [5, 5.41) is 2.21. The number of nitrogens with zero attached hydrogens (tertiary/aromatic N) is 1. The average molecular weight is 349 g/mol. The quantitative estimate of drug-likeness (QED) is 0.912. The van der Waals surface area contributed by atoms with Crippen molar-refractivity contribution in [2.45, 2.75) is 12.5 Å². The number of alkyl halides is 2. The molecule has 1 atom stereocenters. The predicted molar refractivity (Wildman–Crippen MR) is 73.8 cm³/mol. The highest BCUT2D eigenvalue weighted by Crippen LogP contribution is 2.23. The van der Waals surface area contributed by atoms with Crippen molar-refractivity contribution in [1.82, 2.24) is 10.2 Å². The van der Waals surface area contributed by atoms with Gasteiger partial charge < -0.3 is 15.0 Å². The summed E-state index contributed by atoms with van der Waals surface area (Å²) in [5.41, 5.74) is 0.958. The molecule has 0 aliphatic carbocycles. The van der Waals surface area contributed by atoms with E-state index in [4.69, 9.17) is 4.74 Å². The van der Waals surface area contributed by atoms with Crippen molar-refractivity contribution in [1.29, 1.82) is 0 Å². The molecule has 1 aliphatic heterocycles. The molecule has 1 heterocycles. The van der Waals surface area contributed by atoms with Gasteiger partial charge in [-0.1, -0.05) is 28.1 Å². The lowest BCUT2D eigenvalue weighted by atomic mass is 10.1. The van der Waals surface area contributed by atoms with Crippen LogP contribution in [0.15, 0.2) is 28.7 Å². The fourth-order valence-electron chi connectivity index (χ4n) is 1.99. The molecule has 1 fully saturated rings. The molecule has 1 aliphatic rings. The van der Waals surface area contributed by atoms with Crippen LogP contribution in [0.4, 0.5) is 13.6 Å². The standard InChI is InChI=1S/C13H15BrF2N2O2/c14-10-3-1-9(2-4-10)11-8-18(5-6-20-11)13(19)17-7-12(15)16/h1-4,11-12H,5-8H2,(H,17,19)/t11-/m1/s1. The van der Waals surface area contributed by atoms with Gasteiger partial charge in [-0.3, -0.25) is 0 Å². The Hall–Kier alpha value is -1.21. The van der Waals surface area contributed by atoms with Crippen LogP contribution in [0, 0.1) is 0 Å². The molecule has 110 valence electrons. The molecule has 1 aromatic rings. The summed E-state index contributed by atoms with van der Waals surface area (Å²) in [6.45, 7) is 0.529. The Balaban J connectivity index is 1.94. The number of ether oxygens (including phenoxy) is 1. The van der Waals surface area contributed by atoms with E-state index in [0.717, 1.165) is 10.0 Å². The number of carbonyl (C=O) groups is 1. The van der Waals surface area contributed by atoms with Gasteiger partial charge in [-0.05, 0) is 17.7 Å². The number of nitrogens with one attached hydrogen (secondary N) is 1. The van der Waals surface area contributed by atoms with E-state index in [0.29, 0.717) is 19.7 Å². The summed E-state index contributed by atoms with van der Waals surface area (Å²) >= 11 is 3.35. The minimum atomic E-state index is -2.54. The highest BCUT2D eigenvalue weighted by Gasteiger charge is 2.25. The number of hydrogen-bond acceptors (Lipinski definition) is 2. The second-order valence-corrected chi connectivity index (χ2v) is 5.35. The second-order valence-electron chi connectivity index (χ2n) is 4.43. The van der Waals surface area contributed by atoms with Gasteiger partial charge in [0, 0.05) is 11.0 Å². The van der Waals surface area contributed by atoms with Crippen LogP contribution in [0.3, 0.4) is 0 Å². The molecule has 0 radical (unpaired) electrons. The normalized spacial score (nSPS) is 19.2. The van der Waals surface area contributed by atoms with Crippen molar-refractivity contribution in [2.24, 2.45) is 0 Å². The highest BCUT2D eigenvalue weighted by molar-refractivity contribution is 9.10. The van der Waals surface area contributed by atoms with Crippen molar-refractivity contribution >= 4 is 22.0 Å². The lowest BCUT2D eigenvalue weighted by molar-refractivity contribution is -0.0159. The van der Waals surface area contributed by atoms with Gasteiger partial charge in [0.2, 0.25) is 0 Å². The summed E-state index contributed by atoms with van der Waals surface area (Å²) in [5.74, 6) is 0. The van der Waals surface area contributed by atoms with Crippen molar-refractivity contribution in [3.63, 3.8) is 0 Å². The van der Waals surface area contributed by atoms with Crippen molar-refractivity contribution in [3.8, 4) is 0 Å². The van der Waals surface area contributed by atoms with E-state index >= 15 is 0 Å². The molecule has 20 heavy (non-hydrogen) atoms. The van der Waals surface area contributed by atoms with E-state index in [9.17, 15) is 13.6 Å². The van der Waals surface area contributed by atoms with Crippen LogP contribution in [0.1, 0.15) is 11.7 Å². The van der Waals surface area contributed by atoms with Gasteiger partial charge in [-0.25, -0.2) is 13.6 Å². The summed E-state index contributed by atoms with van der Waals surface area (Å²) < 4.78 is 30.7. The van der Waals surface area contributed by atoms with Gasteiger partial charge in [0.15, 0.2) is 0 Å². The van der Waals surface area contributed by atoms with E-state index in [1.54, 1.807) is 0 Å². The molecular weight excluding hydrogens is 334 g/mol. The maximum atomic E-state index is 12.1. The van der Waals surface area contributed by atoms with Gasteiger partial charge in [-0.15, -0.1) is 0 Å². The number of hydrogen-bond donors (Lipinski definition) is 1. The van der Waals surface area contributed by atoms with Crippen LogP contribution < -0.4 is 5.32 Å². The maximum Gasteiger partial charge on any atom is 0.317 e. The van der Waals surface area contributed by atoms with Crippen molar-refractivity contribution < 1.29 is 18.3 Å². The summed E-state index contributed by atoms with van der Waals surface area (Å²) in [6, 6.07) is 7.14. The molecule has 1 aromatic carbocycles. The van der Waals surface area contributed by atoms with Crippen LogP contribution in [-0.2, 0) is 4.74 Å². The number of urea groups is 1. The number of rotatable bonds is 3. The Morgan fingerprint density at radius 3 is 2.80 bits per heavy atom. The molecule has 7 heteroatoms. The second kappa shape index (κ2) is 6.99. The molecule has 4 nitrogen and oxygen atoms in total. The van der Waals surface area contributed by atoms with Gasteiger partial charge in [0.05, 0.1) is 19.7 Å². The molecule has 2 amide bonds. The maximum absolute atomic E-state index is 12.1. The molecule has 0 bridgehead atoms. The minimum absolute atomic E-state index is 0.228. The molecule has 1 N–H and O–H groups in total. The zero-order valence-corrected chi connectivity index (χ0v) is 12.3. The minimum Gasteiger partial charge on any atom is -0.370 e. The molecule has 0 unspecified atom stereocenters. The topological polar surface area (TPSA) is 41.6 Å². The molecule has 0 aromatic heterocycles. The zero-order valence-electron chi connectivity index (χ0n) is 10.7. The molecule has 2 rings (SSSR count). The average Bonchev–Trinajstić information content (AvgIpc) is 2.45. The Morgan fingerprint density at radius 2 is 2.15 bits per heavy atom. The van der Waals surface area contributed by atoms with Gasteiger partial charge in [-0.2, -0.15) is 0 Å². The van der Waals surface area contributed by atoms with Gasteiger partial charge in [0.25, 0.3) is 6.43 Å². The number of amides is 2. The first kappa shape index (κ1) is 15.2. The van der Waals surface area contributed by atoms with Gasteiger partial charge >= 0.3 is 6.03 Å². The molecular formula is C13H15BrF2N2O2.